The largest absolute Gasteiger partial charge is 0.383 e. The molecule has 2 heterocycles. The Hall–Kier alpha value is -2.23. The van der Waals surface area contributed by atoms with Gasteiger partial charge in [0.2, 0.25) is 5.91 Å². The second-order valence-corrected chi connectivity index (χ2v) is 6.00. The van der Waals surface area contributed by atoms with E-state index in [1.165, 1.54) is 6.33 Å². The third-order valence-electron chi connectivity index (χ3n) is 3.64. The monoisotopic (exact) mass is 436 g/mol. The van der Waals surface area contributed by atoms with Gasteiger partial charge in [-0.3, -0.25) is 4.79 Å². The third-order valence-corrected chi connectivity index (χ3v) is 4.02. The van der Waals surface area contributed by atoms with E-state index in [0.29, 0.717) is 35.4 Å². The zero-order valence-electron chi connectivity index (χ0n) is 12.9. The number of alkyl halides is 1. The number of amides is 1. The molecule has 8 heteroatoms. The molecule has 124 valence electrons. The molecule has 2 aromatic heterocycles. The molecule has 0 radical (unpaired) electrons. The van der Waals surface area contributed by atoms with Crippen molar-refractivity contribution in [3.8, 4) is 11.3 Å². The predicted octanol–water partition coefficient (Wildman–Crippen LogP) is 2.36. The first kappa shape index (κ1) is 16.6. The van der Waals surface area contributed by atoms with Crippen molar-refractivity contribution in [2.75, 3.05) is 10.3 Å². The molecule has 24 heavy (non-hydrogen) atoms. The number of anilines is 1. The lowest BCUT2D eigenvalue weighted by molar-refractivity contribution is -0.120. The van der Waals surface area contributed by atoms with Gasteiger partial charge in [-0.2, -0.15) is 5.10 Å². The topological polar surface area (TPSA) is 98.7 Å². The zero-order valence-corrected chi connectivity index (χ0v) is 15.1. The SMILES string of the molecule is Nc1ncnc2c1c(-c1ccccc1)nn2CCCC(=O)NCI. The highest BCUT2D eigenvalue weighted by Crippen LogP contribution is 2.29. The molecule has 0 bridgehead atoms. The molecule has 0 saturated carbocycles. The summed E-state index contributed by atoms with van der Waals surface area (Å²) in [7, 11) is 0. The van der Waals surface area contributed by atoms with Gasteiger partial charge in [0.25, 0.3) is 0 Å². The highest BCUT2D eigenvalue weighted by molar-refractivity contribution is 14.1. The minimum absolute atomic E-state index is 0.0401. The Kier molecular flexibility index (Phi) is 5.24. The lowest BCUT2D eigenvalue weighted by Gasteiger charge is -2.03. The number of carbonyl (C=O) groups is 1. The van der Waals surface area contributed by atoms with Crippen molar-refractivity contribution in [1.82, 2.24) is 25.1 Å². The summed E-state index contributed by atoms with van der Waals surface area (Å²) in [6.45, 7) is 0.592. The minimum atomic E-state index is 0.0401. The van der Waals surface area contributed by atoms with Crippen LogP contribution in [-0.4, -0.2) is 30.2 Å². The van der Waals surface area contributed by atoms with Crippen molar-refractivity contribution in [1.29, 1.82) is 0 Å². The Bertz CT molecular complexity index is 848. The van der Waals surface area contributed by atoms with E-state index in [4.69, 9.17) is 5.73 Å². The smallest absolute Gasteiger partial charge is 0.220 e. The molecule has 3 N–H and O–H groups in total. The summed E-state index contributed by atoms with van der Waals surface area (Å²) >= 11 is 2.11. The first-order chi connectivity index (χ1) is 11.7. The number of nitrogens with one attached hydrogen (secondary N) is 1. The first-order valence-electron chi connectivity index (χ1n) is 7.55. The average Bonchev–Trinajstić information content (AvgIpc) is 2.96. The van der Waals surface area contributed by atoms with Crippen LogP contribution in [-0.2, 0) is 11.3 Å². The van der Waals surface area contributed by atoms with Gasteiger partial charge in [0.15, 0.2) is 5.65 Å². The molecule has 0 aliphatic heterocycles. The number of nitrogens with zero attached hydrogens (tertiary/aromatic N) is 4. The molecule has 1 amide bonds. The summed E-state index contributed by atoms with van der Waals surface area (Å²) in [5, 5.41) is 8.20. The Morgan fingerprint density at radius 3 is 2.79 bits per heavy atom. The lowest BCUT2D eigenvalue weighted by Crippen LogP contribution is -2.21. The fraction of sp³-hybridized carbons (Fsp3) is 0.250. The molecule has 0 aliphatic rings. The summed E-state index contributed by atoms with van der Waals surface area (Å²) in [6, 6.07) is 9.82. The molecular formula is C16H17IN6O. The zero-order chi connectivity index (χ0) is 16.9. The number of carbonyl (C=O) groups excluding carboxylic acids is 1. The summed E-state index contributed by atoms with van der Waals surface area (Å²) in [4.78, 5) is 20.0. The Balaban J connectivity index is 1.92. The number of halogens is 1. The van der Waals surface area contributed by atoms with Crippen LogP contribution < -0.4 is 11.1 Å². The molecule has 0 aliphatic carbocycles. The van der Waals surface area contributed by atoms with Crippen molar-refractivity contribution < 1.29 is 4.79 Å². The Morgan fingerprint density at radius 1 is 1.25 bits per heavy atom. The van der Waals surface area contributed by atoms with Gasteiger partial charge in [0, 0.05) is 18.5 Å². The van der Waals surface area contributed by atoms with E-state index in [9.17, 15) is 4.79 Å². The van der Waals surface area contributed by atoms with Gasteiger partial charge >= 0.3 is 0 Å². The molecule has 0 saturated heterocycles. The van der Waals surface area contributed by atoms with E-state index < -0.39 is 0 Å². The minimum Gasteiger partial charge on any atom is -0.383 e. The van der Waals surface area contributed by atoms with E-state index >= 15 is 0 Å². The van der Waals surface area contributed by atoms with Crippen LogP contribution in [0.4, 0.5) is 5.82 Å². The van der Waals surface area contributed by atoms with E-state index in [1.54, 1.807) is 4.68 Å². The maximum atomic E-state index is 11.6. The fourth-order valence-electron chi connectivity index (χ4n) is 2.54. The van der Waals surface area contributed by atoms with Crippen molar-refractivity contribution in [3.05, 3.63) is 36.7 Å². The first-order valence-corrected chi connectivity index (χ1v) is 9.08. The van der Waals surface area contributed by atoms with E-state index in [2.05, 4.69) is 43.0 Å². The lowest BCUT2D eigenvalue weighted by atomic mass is 10.1. The van der Waals surface area contributed by atoms with Gasteiger partial charge in [0.1, 0.15) is 17.8 Å². The van der Waals surface area contributed by atoms with Crippen LogP contribution in [0.5, 0.6) is 0 Å². The molecule has 3 rings (SSSR count). The highest BCUT2D eigenvalue weighted by atomic mass is 127. The molecule has 3 aromatic rings. The second-order valence-electron chi connectivity index (χ2n) is 5.23. The summed E-state index contributed by atoms with van der Waals surface area (Å²) < 4.78 is 2.41. The number of hydrogen-bond donors (Lipinski definition) is 2. The number of hydrogen-bond acceptors (Lipinski definition) is 5. The van der Waals surface area contributed by atoms with Gasteiger partial charge in [-0.05, 0) is 6.42 Å². The summed E-state index contributed by atoms with van der Waals surface area (Å²) in [6.07, 6.45) is 2.57. The molecule has 7 nitrogen and oxygen atoms in total. The number of rotatable bonds is 6. The van der Waals surface area contributed by atoms with Crippen LogP contribution in [0.3, 0.4) is 0 Å². The number of nitrogen functional groups attached to an aromatic ring is 1. The standard InChI is InChI=1S/C16H17IN6O/c17-9-19-12(24)7-4-8-23-16-13(15(18)20-10-21-16)14(22-23)11-5-2-1-3-6-11/h1-3,5-6,10H,4,7-9H2,(H,19,24)(H2,18,20,21). The Morgan fingerprint density at radius 2 is 2.04 bits per heavy atom. The maximum absolute atomic E-state index is 11.6. The quantitative estimate of drug-likeness (QED) is 0.351. The number of fused-ring (bicyclic) bond motifs is 1. The van der Waals surface area contributed by atoms with Gasteiger partial charge < -0.3 is 11.1 Å². The van der Waals surface area contributed by atoms with Crippen LogP contribution >= 0.6 is 22.6 Å². The molecule has 0 fully saturated rings. The Labute approximate surface area is 152 Å². The van der Waals surface area contributed by atoms with Crippen molar-refractivity contribution in [2.24, 2.45) is 0 Å². The van der Waals surface area contributed by atoms with Gasteiger partial charge in [0.05, 0.1) is 9.94 Å². The predicted molar refractivity (Wildman–Crippen MR) is 101 cm³/mol. The second kappa shape index (κ2) is 7.56. The van der Waals surface area contributed by atoms with Crippen LogP contribution in [0, 0.1) is 0 Å². The number of benzene rings is 1. The maximum Gasteiger partial charge on any atom is 0.220 e. The summed E-state index contributed by atoms with van der Waals surface area (Å²) in [5.74, 6) is 0.450. The van der Waals surface area contributed by atoms with Crippen molar-refractivity contribution in [2.45, 2.75) is 19.4 Å². The van der Waals surface area contributed by atoms with Crippen LogP contribution in [0.15, 0.2) is 36.7 Å². The molecule has 1 aromatic carbocycles. The van der Waals surface area contributed by atoms with Crippen LogP contribution in [0.1, 0.15) is 12.8 Å². The van der Waals surface area contributed by atoms with Gasteiger partial charge in [-0.1, -0.05) is 52.9 Å². The van der Waals surface area contributed by atoms with Crippen LogP contribution in [0.2, 0.25) is 0 Å². The van der Waals surface area contributed by atoms with E-state index in [1.807, 2.05) is 30.3 Å². The fourth-order valence-corrected chi connectivity index (χ4v) is 2.96. The third kappa shape index (κ3) is 3.48. The van der Waals surface area contributed by atoms with Crippen molar-refractivity contribution >= 4 is 45.3 Å². The average molecular weight is 436 g/mol. The van der Waals surface area contributed by atoms with Crippen molar-refractivity contribution in [3.63, 3.8) is 0 Å². The van der Waals surface area contributed by atoms with Gasteiger partial charge in [-0.15, -0.1) is 0 Å². The van der Waals surface area contributed by atoms with E-state index in [-0.39, 0.29) is 5.91 Å². The normalized spacial score (nSPS) is 10.9. The van der Waals surface area contributed by atoms with Crippen LogP contribution in [0.25, 0.3) is 22.3 Å². The summed E-state index contributed by atoms with van der Waals surface area (Å²) in [5.41, 5.74) is 8.47. The molecule has 0 spiro atoms. The number of nitrogens with two attached hydrogens (primary N) is 1. The molecule has 0 atom stereocenters. The van der Waals surface area contributed by atoms with Gasteiger partial charge in [-0.25, -0.2) is 14.6 Å². The number of aryl methyl sites for hydroxylation is 1. The number of aromatic nitrogens is 4. The highest BCUT2D eigenvalue weighted by Gasteiger charge is 2.16. The molecular weight excluding hydrogens is 419 g/mol. The molecule has 0 unspecified atom stereocenters. The van der Waals surface area contributed by atoms with E-state index in [0.717, 1.165) is 16.6 Å².